The average Bonchev–Trinajstić information content (AvgIpc) is 2.67. The van der Waals surface area contributed by atoms with E-state index in [0.29, 0.717) is 23.0 Å². The van der Waals surface area contributed by atoms with Crippen LogP contribution in [0.15, 0.2) is 29.4 Å². The molecule has 2 rings (SSSR count). The summed E-state index contributed by atoms with van der Waals surface area (Å²) in [6.45, 7) is 6.50. The second kappa shape index (κ2) is 11.5. The van der Waals surface area contributed by atoms with E-state index in [0.717, 1.165) is 32.8 Å². The topological polar surface area (TPSA) is 93.5 Å². The molecule has 8 nitrogen and oxygen atoms in total. The number of rotatable bonds is 9. The zero-order chi connectivity index (χ0) is 19.5. The molecule has 3 N–H and O–H groups in total. The van der Waals surface area contributed by atoms with Crippen molar-refractivity contribution in [2.75, 3.05) is 46.0 Å². The van der Waals surface area contributed by atoms with Crippen molar-refractivity contribution >= 4 is 29.1 Å². The monoisotopic (exact) mass is 397 g/mol. The zero-order valence-corrected chi connectivity index (χ0v) is 16.2. The fraction of sp³-hybridized carbons (Fsp3) is 0.500. The van der Waals surface area contributed by atoms with Gasteiger partial charge in [-0.15, -0.1) is 0 Å². The Morgan fingerprint density at radius 3 is 2.63 bits per heavy atom. The molecule has 0 atom stereocenters. The molecule has 1 heterocycles. The number of benzene rings is 1. The highest BCUT2D eigenvalue weighted by molar-refractivity contribution is 6.30. The number of carbonyl (C=O) groups is 2. The lowest BCUT2D eigenvalue weighted by Crippen LogP contribution is -3.14. The molecule has 0 radical (unpaired) electrons. The van der Waals surface area contributed by atoms with Crippen LogP contribution in [0.5, 0.6) is 5.75 Å². The lowest BCUT2D eigenvalue weighted by Gasteiger charge is -2.23. The van der Waals surface area contributed by atoms with Crippen LogP contribution in [-0.4, -0.2) is 63.5 Å². The molecule has 27 heavy (non-hydrogen) atoms. The third kappa shape index (κ3) is 8.85. The number of hydrazone groups is 1. The first-order valence-electron chi connectivity index (χ1n) is 8.91. The molecule has 2 amide bonds. The molecule has 1 aromatic carbocycles. The number of morpholine rings is 1. The van der Waals surface area contributed by atoms with E-state index in [9.17, 15) is 9.59 Å². The van der Waals surface area contributed by atoms with Crippen molar-refractivity contribution in [2.24, 2.45) is 5.10 Å². The number of hydrogen-bond acceptors (Lipinski definition) is 5. The zero-order valence-electron chi connectivity index (χ0n) is 15.4. The van der Waals surface area contributed by atoms with Crippen LogP contribution in [0.2, 0.25) is 5.02 Å². The number of nitrogens with zero attached hydrogens (tertiary/aromatic N) is 1. The number of halogens is 1. The van der Waals surface area contributed by atoms with Gasteiger partial charge in [0.25, 0.3) is 5.91 Å². The van der Waals surface area contributed by atoms with Crippen LogP contribution in [-0.2, 0) is 14.3 Å². The maximum Gasteiger partial charge on any atom is 0.277 e. The molecule has 0 bridgehead atoms. The van der Waals surface area contributed by atoms with Crippen molar-refractivity contribution < 1.29 is 24.0 Å². The van der Waals surface area contributed by atoms with Gasteiger partial charge in [0.2, 0.25) is 5.91 Å². The lowest BCUT2D eigenvalue weighted by atomic mass is 10.3. The van der Waals surface area contributed by atoms with Gasteiger partial charge in [-0.1, -0.05) is 11.6 Å². The highest BCUT2D eigenvalue weighted by Gasteiger charge is 2.13. The van der Waals surface area contributed by atoms with E-state index in [1.54, 1.807) is 31.2 Å². The average molecular weight is 398 g/mol. The SMILES string of the molecule is C/C(CC(=O)NCC[NH+]1CCOCC1)=N/NC(=O)COc1ccc(Cl)cc1. The van der Waals surface area contributed by atoms with E-state index in [1.165, 1.54) is 4.90 Å². The van der Waals surface area contributed by atoms with Gasteiger partial charge in [0.05, 0.1) is 32.7 Å². The molecule has 0 aliphatic carbocycles. The van der Waals surface area contributed by atoms with Crippen LogP contribution in [0.1, 0.15) is 13.3 Å². The van der Waals surface area contributed by atoms with Crippen LogP contribution in [0.3, 0.4) is 0 Å². The summed E-state index contributed by atoms with van der Waals surface area (Å²) in [5, 5.41) is 7.39. The van der Waals surface area contributed by atoms with Gasteiger partial charge in [-0.3, -0.25) is 9.59 Å². The smallest absolute Gasteiger partial charge is 0.277 e. The maximum absolute atomic E-state index is 11.9. The van der Waals surface area contributed by atoms with Crippen molar-refractivity contribution in [3.63, 3.8) is 0 Å². The van der Waals surface area contributed by atoms with E-state index < -0.39 is 5.91 Å². The second-order valence-corrected chi connectivity index (χ2v) is 6.70. The number of hydrogen-bond donors (Lipinski definition) is 3. The van der Waals surface area contributed by atoms with Crippen LogP contribution >= 0.6 is 11.6 Å². The molecule has 1 fully saturated rings. The Kier molecular flexibility index (Phi) is 9.03. The summed E-state index contributed by atoms with van der Waals surface area (Å²) in [6, 6.07) is 6.70. The fourth-order valence-electron chi connectivity index (χ4n) is 2.49. The van der Waals surface area contributed by atoms with Crippen molar-refractivity contribution in [2.45, 2.75) is 13.3 Å². The number of quaternary nitrogens is 1. The van der Waals surface area contributed by atoms with Crippen LogP contribution in [0, 0.1) is 0 Å². The standard InChI is InChI=1S/C18H25ClN4O4/c1-14(12-17(24)20-6-7-23-8-10-26-11-9-23)21-22-18(25)13-27-16-4-2-15(19)3-5-16/h2-5H,6-13H2,1H3,(H,20,24)(H,22,25)/p+1/b21-14-. The van der Waals surface area contributed by atoms with Gasteiger partial charge in [-0.25, -0.2) is 5.43 Å². The van der Waals surface area contributed by atoms with Gasteiger partial charge in [-0.05, 0) is 31.2 Å². The molecule has 0 spiro atoms. The van der Waals surface area contributed by atoms with Crippen molar-refractivity contribution in [3.8, 4) is 5.75 Å². The largest absolute Gasteiger partial charge is 0.484 e. The first-order valence-corrected chi connectivity index (χ1v) is 9.29. The van der Waals surface area contributed by atoms with E-state index >= 15 is 0 Å². The second-order valence-electron chi connectivity index (χ2n) is 6.26. The van der Waals surface area contributed by atoms with E-state index in [-0.39, 0.29) is 18.9 Å². The molecule has 9 heteroatoms. The molecule has 1 aromatic rings. The Balaban J connectivity index is 1.60. The molecule has 0 saturated carbocycles. The van der Waals surface area contributed by atoms with E-state index in [2.05, 4.69) is 15.8 Å². The van der Waals surface area contributed by atoms with E-state index in [4.69, 9.17) is 21.1 Å². The minimum atomic E-state index is -0.402. The van der Waals surface area contributed by atoms with Gasteiger partial charge in [-0.2, -0.15) is 5.10 Å². The van der Waals surface area contributed by atoms with Gasteiger partial charge >= 0.3 is 0 Å². The van der Waals surface area contributed by atoms with Gasteiger partial charge in [0.1, 0.15) is 18.8 Å². The minimum Gasteiger partial charge on any atom is -0.484 e. The van der Waals surface area contributed by atoms with Gasteiger partial charge in [0.15, 0.2) is 6.61 Å². The summed E-state index contributed by atoms with van der Waals surface area (Å²) in [5.74, 6) is 0.0215. The number of nitrogens with one attached hydrogen (secondary N) is 3. The summed E-state index contributed by atoms with van der Waals surface area (Å²) in [6.07, 6.45) is 0.136. The Hall–Kier alpha value is -2.16. The first-order chi connectivity index (χ1) is 13.0. The van der Waals surface area contributed by atoms with Crippen molar-refractivity contribution in [3.05, 3.63) is 29.3 Å². The minimum absolute atomic E-state index is 0.115. The lowest BCUT2D eigenvalue weighted by molar-refractivity contribution is -0.906. The Labute approximate surface area is 163 Å². The fourth-order valence-corrected chi connectivity index (χ4v) is 2.62. The third-order valence-electron chi connectivity index (χ3n) is 3.97. The molecule has 1 aliphatic rings. The summed E-state index contributed by atoms with van der Waals surface area (Å²) in [4.78, 5) is 25.1. The Bertz CT molecular complexity index is 645. The summed E-state index contributed by atoms with van der Waals surface area (Å²) in [5.41, 5.74) is 2.90. The molecule has 148 valence electrons. The summed E-state index contributed by atoms with van der Waals surface area (Å²) >= 11 is 5.78. The molecular formula is C18H26ClN4O4+. The number of carbonyl (C=O) groups excluding carboxylic acids is 2. The summed E-state index contributed by atoms with van der Waals surface area (Å²) in [7, 11) is 0. The molecule has 1 aliphatic heterocycles. The molecule has 0 unspecified atom stereocenters. The first kappa shape index (κ1) is 21.1. The number of ether oxygens (including phenoxy) is 2. The molecular weight excluding hydrogens is 372 g/mol. The van der Waals surface area contributed by atoms with Crippen molar-refractivity contribution in [1.82, 2.24) is 10.7 Å². The van der Waals surface area contributed by atoms with Crippen molar-refractivity contribution in [1.29, 1.82) is 0 Å². The predicted octanol–water partition coefficient (Wildman–Crippen LogP) is -0.368. The van der Waals surface area contributed by atoms with Crippen LogP contribution in [0.4, 0.5) is 0 Å². The van der Waals surface area contributed by atoms with Gasteiger partial charge < -0.3 is 19.7 Å². The quantitative estimate of drug-likeness (QED) is 0.391. The van der Waals surface area contributed by atoms with Gasteiger partial charge in [0, 0.05) is 10.7 Å². The van der Waals surface area contributed by atoms with Crippen LogP contribution in [0.25, 0.3) is 0 Å². The highest BCUT2D eigenvalue weighted by Crippen LogP contribution is 2.15. The molecule has 1 saturated heterocycles. The summed E-state index contributed by atoms with van der Waals surface area (Å²) < 4.78 is 10.6. The number of amides is 2. The van der Waals surface area contributed by atoms with E-state index in [1.807, 2.05) is 0 Å². The maximum atomic E-state index is 11.9. The molecule has 0 aromatic heterocycles. The third-order valence-corrected chi connectivity index (χ3v) is 4.22. The predicted molar refractivity (Wildman–Crippen MR) is 102 cm³/mol. The van der Waals surface area contributed by atoms with Crippen LogP contribution < -0.4 is 20.4 Å². The Morgan fingerprint density at radius 2 is 1.93 bits per heavy atom. The highest BCUT2D eigenvalue weighted by atomic mass is 35.5. The Morgan fingerprint density at radius 1 is 1.22 bits per heavy atom. The normalized spacial score (nSPS) is 15.3.